The topological polar surface area (TPSA) is 93.4 Å². The smallest absolute Gasteiger partial charge is 0.299 e. The number of nitrogen functional groups attached to an aromatic ring is 1. The Balaban J connectivity index is 2.69. The zero-order valence-electron chi connectivity index (χ0n) is 9.23. The standard InChI is InChI=1S/C9H14FN3O3S/c1-16-5-4-12-17(14,15)13-9-3-2-7(11)6-8(9)10/h2-3,6,12-13H,4-5,11H2,1H3. The second-order valence-electron chi connectivity index (χ2n) is 3.23. The first kappa shape index (κ1) is 13.7. The third-order valence-electron chi connectivity index (χ3n) is 1.84. The average molecular weight is 263 g/mol. The number of methoxy groups -OCH3 is 1. The Kier molecular flexibility index (Phi) is 4.67. The number of hydrogen-bond donors (Lipinski definition) is 3. The van der Waals surface area contributed by atoms with Crippen LogP contribution in [0.2, 0.25) is 0 Å². The minimum atomic E-state index is -3.80. The maximum absolute atomic E-state index is 13.3. The van der Waals surface area contributed by atoms with E-state index in [0.717, 1.165) is 6.07 Å². The second kappa shape index (κ2) is 5.80. The molecule has 6 nitrogen and oxygen atoms in total. The van der Waals surface area contributed by atoms with E-state index < -0.39 is 16.0 Å². The van der Waals surface area contributed by atoms with Gasteiger partial charge in [-0.25, -0.2) is 4.39 Å². The van der Waals surface area contributed by atoms with Crippen LogP contribution in [0, 0.1) is 5.82 Å². The number of nitrogens with one attached hydrogen (secondary N) is 2. The lowest BCUT2D eigenvalue weighted by molar-refractivity contribution is 0.204. The zero-order valence-corrected chi connectivity index (χ0v) is 10.1. The predicted molar refractivity (Wildman–Crippen MR) is 63.2 cm³/mol. The number of anilines is 2. The number of ether oxygens (including phenoxy) is 1. The van der Waals surface area contributed by atoms with Crippen molar-refractivity contribution in [2.24, 2.45) is 0 Å². The summed E-state index contributed by atoms with van der Waals surface area (Å²) in [6, 6.07) is 3.68. The summed E-state index contributed by atoms with van der Waals surface area (Å²) in [6.45, 7) is 0.327. The fourth-order valence-corrected chi connectivity index (χ4v) is 1.95. The summed E-state index contributed by atoms with van der Waals surface area (Å²) in [5.41, 5.74) is 5.40. The Bertz CT molecular complexity index is 478. The highest BCUT2D eigenvalue weighted by Crippen LogP contribution is 2.17. The monoisotopic (exact) mass is 263 g/mol. The van der Waals surface area contributed by atoms with Gasteiger partial charge in [-0.2, -0.15) is 13.1 Å². The molecule has 8 heteroatoms. The second-order valence-corrected chi connectivity index (χ2v) is 4.73. The van der Waals surface area contributed by atoms with E-state index in [2.05, 4.69) is 9.46 Å². The van der Waals surface area contributed by atoms with Crippen molar-refractivity contribution in [3.63, 3.8) is 0 Å². The van der Waals surface area contributed by atoms with Crippen LogP contribution in [0.4, 0.5) is 15.8 Å². The third-order valence-corrected chi connectivity index (χ3v) is 2.91. The lowest BCUT2D eigenvalue weighted by Gasteiger charge is -2.09. The molecule has 0 aromatic heterocycles. The van der Waals surface area contributed by atoms with Crippen molar-refractivity contribution in [1.29, 1.82) is 0 Å². The van der Waals surface area contributed by atoms with Crippen LogP contribution >= 0.6 is 0 Å². The van der Waals surface area contributed by atoms with Crippen LogP contribution in [-0.4, -0.2) is 28.7 Å². The Morgan fingerprint density at radius 2 is 2.18 bits per heavy atom. The number of hydrogen-bond acceptors (Lipinski definition) is 4. The minimum absolute atomic E-state index is 0.0996. The molecular weight excluding hydrogens is 249 g/mol. The molecule has 0 radical (unpaired) electrons. The van der Waals surface area contributed by atoms with Gasteiger partial charge in [0.05, 0.1) is 12.3 Å². The van der Waals surface area contributed by atoms with Gasteiger partial charge in [-0.1, -0.05) is 0 Å². The largest absolute Gasteiger partial charge is 0.399 e. The highest BCUT2D eigenvalue weighted by atomic mass is 32.2. The molecule has 0 amide bonds. The van der Waals surface area contributed by atoms with Crippen LogP contribution < -0.4 is 15.2 Å². The molecule has 0 unspecified atom stereocenters. The summed E-state index contributed by atoms with van der Waals surface area (Å²) in [6.07, 6.45) is 0. The van der Waals surface area contributed by atoms with Crippen molar-refractivity contribution in [2.45, 2.75) is 0 Å². The molecule has 0 spiro atoms. The first-order chi connectivity index (χ1) is 7.94. The zero-order chi connectivity index (χ0) is 12.9. The molecule has 0 heterocycles. The van der Waals surface area contributed by atoms with Crippen LogP contribution in [0.3, 0.4) is 0 Å². The molecule has 1 aromatic rings. The van der Waals surface area contributed by atoms with Crippen molar-refractivity contribution in [3.8, 4) is 0 Å². The van der Waals surface area contributed by atoms with E-state index in [4.69, 9.17) is 5.73 Å². The highest BCUT2D eigenvalue weighted by Gasteiger charge is 2.12. The Morgan fingerprint density at radius 3 is 2.76 bits per heavy atom. The van der Waals surface area contributed by atoms with E-state index in [0.29, 0.717) is 0 Å². The molecule has 1 aromatic carbocycles. The summed E-state index contributed by atoms with van der Waals surface area (Å²) in [5.74, 6) is -0.734. The van der Waals surface area contributed by atoms with Gasteiger partial charge in [0.25, 0.3) is 10.2 Å². The summed E-state index contributed by atoms with van der Waals surface area (Å²) < 4.78 is 45.1. The summed E-state index contributed by atoms with van der Waals surface area (Å²) >= 11 is 0. The quantitative estimate of drug-likeness (QED) is 0.508. The van der Waals surface area contributed by atoms with E-state index in [1.165, 1.54) is 19.2 Å². The van der Waals surface area contributed by atoms with Gasteiger partial charge in [0, 0.05) is 19.3 Å². The lowest BCUT2D eigenvalue weighted by Crippen LogP contribution is -2.32. The van der Waals surface area contributed by atoms with E-state index in [-0.39, 0.29) is 24.5 Å². The van der Waals surface area contributed by atoms with Gasteiger partial charge in [0.2, 0.25) is 0 Å². The van der Waals surface area contributed by atoms with Crippen LogP contribution in [0.15, 0.2) is 18.2 Å². The highest BCUT2D eigenvalue weighted by molar-refractivity contribution is 7.90. The molecule has 0 aliphatic rings. The SMILES string of the molecule is COCCNS(=O)(=O)Nc1ccc(N)cc1F. The Labute approximate surface area is 99.1 Å². The molecule has 17 heavy (non-hydrogen) atoms. The molecule has 1 rings (SSSR count). The first-order valence-electron chi connectivity index (χ1n) is 4.76. The first-order valence-corrected chi connectivity index (χ1v) is 6.24. The van der Waals surface area contributed by atoms with Crippen LogP contribution in [0.1, 0.15) is 0 Å². The summed E-state index contributed by atoms with van der Waals surface area (Å²) in [7, 11) is -2.36. The van der Waals surface area contributed by atoms with Crippen LogP contribution in [-0.2, 0) is 14.9 Å². The van der Waals surface area contributed by atoms with Gasteiger partial charge in [0.15, 0.2) is 0 Å². The molecule has 0 atom stereocenters. The summed E-state index contributed by atoms with van der Waals surface area (Å²) in [4.78, 5) is 0. The number of rotatable bonds is 6. The van der Waals surface area contributed by atoms with Gasteiger partial charge in [-0.05, 0) is 18.2 Å². The molecular formula is C9H14FN3O3S. The van der Waals surface area contributed by atoms with Crippen molar-refractivity contribution in [1.82, 2.24) is 4.72 Å². The maximum Gasteiger partial charge on any atom is 0.299 e. The molecule has 0 bridgehead atoms. The van der Waals surface area contributed by atoms with Crippen molar-refractivity contribution < 1.29 is 17.5 Å². The fourth-order valence-electron chi connectivity index (χ4n) is 1.07. The third kappa shape index (κ3) is 4.55. The average Bonchev–Trinajstić information content (AvgIpc) is 2.22. The molecule has 0 fully saturated rings. The van der Waals surface area contributed by atoms with Crippen molar-refractivity contribution >= 4 is 21.6 Å². The van der Waals surface area contributed by atoms with E-state index in [1.54, 1.807) is 0 Å². The van der Waals surface area contributed by atoms with Gasteiger partial charge in [0.1, 0.15) is 5.82 Å². The predicted octanol–water partition coefficient (Wildman–Crippen LogP) is 0.301. The molecule has 0 aliphatic heterocycles. The maximum atomic E-state index is 13.3. The van der Waals surface area contributed by atoms with E-state index in [1.807, 2.05) is 4.72 Å². The Morgan fingerprint density at radius 1 is 1.47 bits per heavy atom. The van der Waals surface area contributed by atoms with Gasteiger partial charge >= 0.3 is 0 Å². The van der Waals surface area contributed by atoms with Gasteiger partial charge < -0.3 is 10.5 Å². The van der Waals surface area contributed by atoms with E-state index >= 15 is 0 Å². The molecule has 0 saturated heterocycles. The van der Waals surface area contributed by atoms with E-state index in [9.17, 15) is 12.8 Å². The number of benzene rings is 1. The molecule has 0 saturated carbocycles. The van der Waals surface area contributed by atoms with Crippen LogP contribution in [0.5, 0.6) is 0 Å². The lowest BCUT2D eigenvalue weighted by atomic mass is 10.3. The Hall–Kier alpha value is -1.38. The van der Waals surface area contributed by atoms with Crippen molar-refractivity contribution in [3.05, 3.63) is 24.0 Å². The van der Waals surface area contributed by atoms with Crippen LogP contribution in [0.25, 0.3) is 0 Å². The number of nitrogens with two attached hydrogens (primary N) is 1. The molecule has 96 valence electrons. The molecule has 4 N–H and O–H groups in total. The van der Waals surface area contributed by atoms with Gasteiger partial charge in [-0.15, -0.1) is 0 Å². The van der Waals surface area contributed by atoms with Crippen molar-refractivity contribution in [2.75, 3.05) is 30.7 Å². The minimum Gasteiger partial charge on any atom is -0.399 e. The fraction of sp³-hybridized carbons (Fsp3) is 0.333. The normalized spacial score (nSPS) is 11.4. The number of halogens is 1. The summed E-state index contributed by atoms with van der Waals surface area (Å²) in [5, 5.41) is 0. The van der Waals surface area contributed by atoms with Gasteiger partial charge in [-0.3, -0.25) is 4.72 Å². The molecule has 0 aliphatic carbocycles.